The maximum absolute atomic E-state index is 3.83. The molecular formula is C17H34N2. The highest BCUT2D eigenvalue weighted by atomic mass is 15.2. The van der Waals surface area contributed by atoms with Gasteiger partial charge in [0.05, 0.1) is 0 Å². The van der Waals surface area contributed by atoms with E-state index in [1.54, 1.807) is 0 Å². The van der Waals surface area contributed by atoms with E-state index in [9.17, 15) is 0 Å². The SMILES string of the molecule is CCCCN1CC(C(C)C)NCC1C1CCCCC1. The number of piperazine rings is 1. The number of nitrogens with zero attached hydrogens (tertiary/aromatic N) is 1. The first-order valence-electron chi connectivity index (χ1n) is 8.69. The number of rotatable bonds is 5. The Balaban J connectivity index is 1.94. The lowest BCUT2D eigenvalue weighted by Gasteiger charge is -2.46. The third kappa shape index (κ3) is 4.19. The van der Waals surface area contributed by atoms with Crippen LogP contribution in [0.5, 0.6) is 0 Å². The van der Waals surface area contributed by atoms with Gasteiger partial charge in [0.15, 0.2) is 0 Å². The number of hydrogen-bond donors (Lipinski definition) is 1. The van der Waals surface area contributed by atoms with Crippen LogP contribution in [0.1, 0.15) is 65.7 Å². The van der Waals surface area contributed by atoms with E-state index in [1.165, 1.54) is 64.6 Å². The summed E-state index contributed by atoms with van der Waals surface area (Å²) in [6.45, 7) is 10.9. The molecule has 19 heavy (non-hydrogen) atoms. The van der Waals surface area contributed by atoms with Gasteiger partial charge in [-0.1, -0.05) is 46.5 Å². The highest BCUT2D eigenvalue weighted by Gasteiger charge is 2.34. The third-order valence-corrected chi connectivity index (χ3v) is 5.29. The molecule has 2 atom stereocenters. The van der Waals surface area contributed by atoms with Gasteiger partial charge >= 0.3 is 0 Å². The van der Waals surface area contributed by atoms with Crippen molar-refractivity contribution in [3.05, 3.63) is 0 Å². The molecule has 0 bridgehead atoms. The summed E-state index contributed by atoms with van der Waals surface area (Å²) in [5, 5.41) is 3.83. The molecule has 2 aliphatic rings. The van der Waals surface area contributed by atoms with Gasteiger partial charge in [-0.2, -0.15) is 0 Å². The fourth-order valence-electron chi connectivity index (χ4n) is 3.90. The first kappa shape index (κ1) is 15.3. The molecule has 2 rings (SSSR count). The summed E-state index contributed by atoms with van der Waals surface area (Å²) in [5.74, 6) is 1.72. The molecule has 2 nitrogen and oxygen atoms in total. The Morgan fingerprint density at radius 2 is 1.89 bits per heavy atom. The Kier molecular flexibility index (Phi) is 6.15. The van der Waals surface area contributed by atoms with Crippen LogP contribution in [0.2, 0.25) is 0 Å². The predicted molar refractivity (Wildman–Crippen MR) is 83.5 cm³/mol. The fourth-order valence-corrected chi connectivity index (χ4v) is 3.90. The first-order valence-corrected chi connectivity index (χ1v) is 8.69. The molecule has 0 spiro atoms. The Bertz CT molecular complexity index is 246. The second-order valence-corrected chi connectivity index (χ2v) is 7.07. The number of unbranched alkanes of at least 4 members (excludes halogenated alkanes) is 1. The van der Waals surface area contributed by atoms with Crippen LogP contribution >= 0.6 is 0 Å². The van der Waals surface area contributed by atoms with Crippen molar-refractivity contribution in [1.82, 2.24) is 10.2 Å². The monoisotopic (exact) mass is 266 g/mol. The van der Waals surface area contributed by atoms with Gasteiger partial charge in [-0.15, -0.1) is 0 Å². The van der Waals surface area contributed by atoms with Crippen molar-refractivity contribution in [3.8, 4) is 0 Å². The molecule has 0 aromatic carbocycles. The zero-order valence-corrected chi connectivity index (χ0v) is 13.3. The van der Waals surface area contributed by atoms with Crippen LogP contribution < -0.4 is 5.32 Å². The number of hydrogen-bond acceptors (Lipinski definition) is 2. The van der Waals surface area contributed by atoms with E-state index in [2.05, 4.69) is 31.0 Å². The Morgan fingerprint density at radius 3 is 2.53 bits per heavy atom. The Hall–Kier alpha value is -0.0800. The van der Waals surface area contributed by atoms with Crippen LogP contribution in [0.4, 0.5) is 0 Å². The van der Waals surface area contributed by atoms with E-state index in [4.69, 9.17) is 0 Å². The van der Waals surface area contributed by atoms with Gasteiger partial charge in [0.2, 0.25) is 0 Å². The van der Waals surface area contributed by atoms with Crippen molar-refractivity contribution in [3.63, 3.8) is 0 Å². The molecule has 1 aliphatic carbocycles. The normalized spacial score (nSPS) is 30.9. The summed E-state index contributed by atoms with van der Waals surface area (Å²) in [7, 11) is 0. The van der Waals surface area contributed by atoms with Crippen molar-refractivity contribution < 1.29 is 0 Å². The largest absolute Gasteiger partial charge is 0.311 e. The molecule has 2 unspecified atom stereocenters. The lowest BCUT2D eigenvalue weighted by atomic mass is 9.81. The van der Waals surface area contributed by atoms with E-state index in [1.807, 2.05) is 0 Å². The Morgan fingerprint density at radius 1 is 1.16 bits per heavy atom. The van der Waals surface area contributed by atoms with Crippen LogP contribution in [0, 0.1) is 11.8 Å². The van der Waals surface area contributed by atoms with Crippen molar-refractivity contribution >= 4 is 0 Å². The van der Waals surface area contributed by atoms with Gasteiger partial charge in [-0.3, -0.25) is 4.90 Å². The van der Waals surface area contributed by atoms with Crippen molar-refractivity contribution in [1.29, 1.82) is 0 Å². The van der Waals surface area contributed by atoms with Crippen LogP contribution in [0.25, 0.3) is 0 Å². The molecule has 1 N–H and O–H groups in total. The lowest BCUT2D eigenvalue weighted by molar-refractivity contribution is 0.0605. The summed E-state index contributed by atoms with van der Waals surface area (Å²) in [6, 6.07) is 1.53. The molecule has 1 aliphatic heterocycles. The molecular weight excluding hydrogens is 232 g/mol. The third-order valence-electron chi connectivity index (χ3n) is 5.29. The van der Waals surface area contributed by atoms with Crippen molar-refractivity contribution in [2.45, 2.75) is 77.8 Å². The minimum Gasteiger partial charge on any atom is -0.311 e. The van der Waals surface area contributed by atoms with Crippen LogP contribution in [0.3, 0.4) is 0 Å². The summed E-state index contributed by atoms with van der Waals surface area (Å²) >= 11 is 0. The molecule has 0 aromatic heterocycles. The van der Waals surface area contributed by atoms with E-state index >= 15 is 0 Å². The van der Waals surface area contributed by atoms with Crippen molar-refractivity contribution in [2.24, 2.45) is 11.8 Å². The van der Waals surface area contributed by atoms with Gasteiger partial charge in [0, 0.05) is 25.2 Å². The average Bonchev–Trinajstić information content (AvgIpc) is 2.45. The van der Waals surface area contributed by atoms with E-state index in [-0.39, 0.29) is 0 Å². The van der Waals surface area contributed by atoms with Crippen LogP contribution in [0.15, 0.2) is 0 Å². The van der Waals surface area contributed by atoms with Crippen LogP contribution in [-0.2, 0) is 0 Å². The minimum atomic E-state index is 0.705. The first-order chi connectivity index (χ1) is 9.22. The maximum Gasteiger partial charge on any atom is 0.0249 e. The molecule has 2 fully saturated rings. The quantitative estimate of drug-likeness (QED) is 0.817. The zero-order chi connectivity index (χ0) is 13.7. The molecule has 0 aromatic rings. The predicted octanol–water partition coefficient (Wildman–Crippen LogP) is 3.67. The minimum absolute atomic E-state index is 0.705. The summed E-state index contributed by atoms with van der Waals surface area (Å²) in [5.41, 5.74) is 0. The second-order valence-electron chi connectivity index (χ2n) is 7.07. The Labute approximate surface area is 120 Å². The zero-order valence-electron chi connectivity index (χ0n) is 13.3. The molecule has 112 valence electrons. The van der Waals surface area contributed by atoms with Gasteiger partial charge < -0.3 is 5.32 Å². The standard InChI is InChI=1S/C17H34N2/c1-4-5-11-19-13-16(14(2)3)18-12-17(19)15-9-7-6-8-10-15/h14-18H,4-13H2,1-3H3. The molecule has 1 heterocycles. The molecule has 0 amide bonds. The summed E-state index contributed by atoms with van der Waals surface area (Å²) in [4.78, 5) is 2.83. The molecule has 2 heteroatoms. The summed E-state index contributed by atoms with van der Waals surface area (Å²) in [6.07, 6.45) is 10.1. The highest BCUT2D eigenvalue weighted by Crippen LogP contribution is 2.30. The smallest absolute Gasteiger partial charge is 0.0249 e. The number of nitrogens with one attached hydrogen (secondary N) is 1. The van der Waals surface area contributed by atoms with Gasteiger partial charge in [0.1, 0.15) is 0 Å². The van der Waals surface area contributed by atoms with Crippen molar-refractivity contribution in [2.75, 3.05) is 19.6 Å². The summed E-state index contributed by atoms with van der Waals surface area (Å²) < 4.78 is 0. The van der Waals surface area contributed by atoms with Gasteiger partial charge in [-0.25, -0.2) is 0 Å². The maximum atomic E-state index is 3.83. The van der Waals surface area contributed by atoms with E-state index < -0.39 is 0 Å². The topological polar surface area (TPSA) is 15.3 Å². The van der Waals surface area contributed by atoms with Gasteiger partial charge in [0.25, 0.3) is 0 Å². The second kappa shape index (κ2) is 7.64. The average molecular weight is 266 g/mol. The molecule has 1 saturated carbocycles. The molecule has 0 radical (unpaired) electrons. The van der Waals surface area contributed by atoms with Crippen LogP contribution in [-0.4, -0.2) is 36.6 Å². The highest BCUT2D eigenvalue weighted by molar-refractivity contribution is 4.91. The molecule has 1 saturated heterocycles. The lowest BCUT2D eigenvalue weighted by Crippen LogP contribution is -2.60. The fraction of sp³-hybridized carbons (Fsp3) is 1.00. The van der Waals surface area contributed by atoms with E-state index in [0.29, 0.717) is 6.04 Å². The van der Waals surface area contributed by atoms with Gasteiger partial charge in [-0.05, 0) is 37.6 Å². The van der Waals surface area contributed by atoms with E-state index in [0.717, 1.165) is 17.9 Å².